The number of hydrogen-bond acceptors (Lipinski definition) is 1. The highest BCUT2D eigenvalue weighted by atomic mass is 15.2. The fraction of sp³-hybridized carbons (Fsp3) is 1.00. The highest BCUT2D eigenvalue weighted by Gasteiger charge is 2.56. The number of hydrogen-bond donors (Lipinski definition) is 0. The molecular formula is C12H23N. The van der Waals surface area contributed by atoms with Gasteiger partial charge >= 0.3 is 0 Å². The molecule has 0 N–H and O–H groups in total. The zero-order valence-corrected chi connectivity index (χ0v) is 9.67. The van der Waals surface area contributed by atoms with Gasteiger partial charge in [-0.25, -0.2) is 0 Å². The van der Waals surface area contributed by atoms with Crippen LogP contribution in [-0.2, 0) is 0 Å². The van der Waals surface area contributed by atoms with E-state index >= 15 is 0 Å². The second-order valence-electron chi connectivity index (χ2n) is 6.26. The molecule has 0 spiro atoms. The molecule has 13 heavy (non-hydrogen) atoms. The first-order valence-electron chi connectivity index (χ1n) is 5.67. The lowest BCUT2D eigenvalue weighted by Gasteiger charge is -2.39. The van der Waals surface area contributed by atoms with Gasteiger partial charge in [0.15, 0.2) is 0 Å². The Morgan fingerprint density at radius 2 is 1.85 bits per heavy atom. The van der Waals surface area contributed by atoms with Gasteiger partial charge in [-0.3, -0.25) is 4.90 Å². The maximum Gasteiger partial charge on any atom is 0.0178 e. The Morgan fingerprint density at radius 1 is 1.23 bits per heavy atom. The van der Waals surface area contributed by atoms with Gasteiger partial charge in [-0.1, -0.05) is 20.8 Å². The minimum Gasteiger partial charge on any atom is -0.297 e. The van der Waals surface area contributed by atoms with Gasteiger partial charge in [-0.2, -0.15) is 0 Å². The van der Waals surface area contributed by atoms with Crippen LogP contribution >= 0.6 is 0 Å². The average Bonchev–Trinajstić information content (AvgIpc) is 2.58. The molecule has 0 aromatic rings. The van der Waals surface area contributed by atoms with Crippen molar-refractivity contribution in [2.45, 2.75) is 53.1 Å². The molecule has 0 amide bonds. The third kappa shape index (κ3) is 1.52. The van der Waals surface area contributed by atoms with E-state index in [1.54, 1.807) is 0 Å². The summed E-state index contributed by atoms with van der Waals surface area (Å²) in [5.41, 5.74) is 0.472. The summed E-state index contributed by atoms with van der Waals surface area (Å²) in [6.07, 6.45) is 1.51. The molecule has 1 aliphatic heterocycles. The smallest absolute Gasteiger partial charge is 0.0178 e. The molecular weight excluding hydrogens is 158 g/mol. The molecule has 76 valence electrons. The van der Waals surface area contributed by atoms with Crippen LogP contribution in [0.2, 0.25) is 0 Å². The third-order valence-corrected chi connectivity index (χ3v) is 3.74. The first kappa shape index (κ1) is 9.51. The highest BCUT2D eigenvalue weighted by Crippen LogP contribution is 2.54. The molecule has 2 aliphatic rings. The summed E-state index contributed by atoms with van der Waals surface area (Å²) in [6, 6.07) is 1.58. The average molecular weight is 181 g/mol. The molecule has 1 saturated carbocycles. The van der Waals surface area contributed by atoms with Crippen molar-refractivity contribution in [3.63, 3.8) is 0 Å². The van der Waals surface area contributed by atoms with E-state index < -0.39 is 0 Å². The summed E-state index contributed by atoms with van der Waals surface area (Å²) >= 11 is 0. The number of nitrogens with zero attached hydrogens (tertiary/aromatic N) is 1. The molecule has 0 radical (unpaired) electrons. The molecule has 1 heteroatoms. The SMILES string of the molecule is CC(C)N1CC2CC2C1C(C)(C)C. The zero-order valence-electron chi connectivity index (χ0n) is 9.67. The van der Waals surface area contributed by atoms with Crippen LogP contribution in [0.1, 0.15) is 41.0 Å². The van der Waals surface area contributed by atoms with Gasteiger partial charge in [-0.05, 0) is 37.5 Å². The van der Waals surface area contributed by atoms with Crippen LogP contribution < -0.4 is 0 Å². The molecule has 1 nitrogen and oxygen atoms in total. The van der Waals surface area contributed by atoms with Crippen LogP contribution in [0.4, 0.5) is 0 Å². The quantitative estimate of drug-likeness (QED) is 0.601. The Bertz CT molecular complexity index is 202. The van der Waals surface area contributed by atoms with Crippen molar-refractivity contribution in [1.82, 2.24) is 4.90 Å². The molecule has 0 aromatic carbocycles. The van der Waals surface area contributed by atoms with Crippen LogP contribution in [0.25, 0.3) is 0 Å². The van der Waals surface area contributed by atoms with Gasteiger partial charge in [0.2, 0.25) is 0 Å². The van der Waals surface area contributed by atoms with Crippen LogP contribution in [-0.4, -0.2) is 23.5 Å². The molecule has 3 atom stereocenters. The summed E-state index contributed by atoms with van der Waals surface area (Å²) < 4.78 is 0. The van der Waals surface area contributed by atoms with E-state index in [-0.39, 0.29) is 0 Å². The minimum absolute atomic E-state index is 0.472. The van der Waals surface area contributed by atoms with Crippen LogP contribution in [0.5, 0.6) is 0 Å². The van der Waals surface area contributed by atoms with E-state index in [2.05, 4.69) is 39.5 Å². The molecule has 0 bridgehead atoms. The van der Waals surface area contributed by atoms with Gasteiger partial charge in [0.05, 0.1) is 0 Å². The summed E-state index contributed by atoms with van der Waals surface area (Å²) in [7, 11) is 0. The minimum atomic E-state index is 0.472. The van der Waals surface area contributed by atoms with Gasteiger partial charge in [0.1, 0.15) is 0 Å². The van der Waals surface area contributed by atoms with Gasteiger partial charge in [0.25, 0.3) is 0 Å². The van der Waals surface area contributed by atoms with E-state index in [1.807, 2.05) is 0 Å². The topological polar surface area (TPSA) is 3.24 Å². The number of piperidine rings is 1. The first-order valence-corrected chi connectivity index (χ1v) is 5.67. The zero-order chi connectivity index (χ0) is 9.80. The van der Waals surface area contributed by atoms with E-state index in [1.165, 1.54) is 13.0 Å². The van der Waals surface area contributed by atoms with Crippen molar-refractivity contribution >= 4 is 0 Å². The normalized spacial score (nSPS) is 39.7. The second-order valence-corrected chi connectivity index (χ2v) is 6.26. The van der Waals surface area contributed by atoms with Gasteiger partial charge in [-0.15, -0.1) is 0 Å². The summed E-state index contributed by atoms with van der Waals surface area (Å²) in [4.78, 5) is 2.72. The first-order chi connectivity index (χ1) is 5.91. The number of likely N-dealkylation sites (tertiary alicyclic amines) is 1. The van der Waals surface area contributed by atoms with Crippen molar-refractivity contribution in [2.75, 3.05) is 6.54 Å². The second kappa shape index (κ2) is 2.73. The molecule has 2 fully saturated rings. The summed E-state index contributed by atoms with van der Waals surface area (Å²) in [6.45, 7) is 13.2. The predicted octanol–water partition coefficient (Wildman–Crippen LogP) is 2.76. The van der Waals surface area contributed by atoms with E-state index in [0.717, 1.165) is 23.9 Å². The molecule has 0 aromatic heterocycles. The Morgan fingerprint density at radius 3 is 2.23 bits per heavy atom. The highest BCUT2D eigenvalue weighted by molar-refractivity contribution is 5.08. The van der Waals surface area contributed by atoms with E-state index in [0.29, 0.717) is 5.41 Å². The maximum absolute atomic E-state index is 2.72. The maximum atomic E-state index is 2.72. The third-order valence-electron chi connectivity index (χ3n) is 3.74. The predicted molar refractivity (Wildman–Crippen MR) is 56.7 cm³/mol. The Balaban J connectivity index is 2.14. The lowest BCUT2D eigenvalue weighted by molar-refractivity contribution is 0.0867. The lowest BCUT2D eigenvalue weighted by Crippen LogP contribution is -2.45. The van der Waals surface area contributed by atoms with Crippen molar-refractivity contribution in [1.29, 1.82) is 0 Å². The fourth-order valence-electron chi connectivity index (χ4n) is 3.17. The number of rotatable bonds is 1. The summed E-state index contributed by atoms with van der Waals surface area (Å²) in [5, 5.41) is 0. The molecule has 1 aliphatic carbocycles. The fourth-order valence-corrected chi connectivity index (χ4v) is 3.17. The lowest BCUT2D eigenvalue weighted by atomic mass is 9.83. The van der Waals surface area contributed by atoms with Crippen LogP contribution in [0.15, 0.2) is 0 Å². The van der Waals surface area contributed by atoms with Crippen molar-refractivity contribution < 1.29 is 0 Å². The monoisotopic (exact) mass is 181 g/mol. The number of fused-ring (bicyclic) bond motifs is 1. The molecule has 1 saturated heterocycles. The largest absolute Gasteiger partial charge is 0.297 e. The van der Waals surface area contributed by atoms with E-state index in [9.17, 15) is 0 Å². The van der Waals surface area contributed by atoms with Gasteiger partial charge < -0.3 is 0 Å². The van der Waals surface area contributed by atoms with Gasteiger partial charge in [0, 0.05) is 18.6 Å². The van der Waals surface area contributed by atoms with E-state index in [4.69, 9.17) is 0 Å². The van der Waals surface area contributed by atoms with Crippen LogP contribution in [0, 0.1) is 17.3 Å². The Hall–Kier alpha value is -0.0400. The standard InChI is InChI=1S/C12H23N/c1-8(2)13-7-9-6-10(9)11(13)12(3,4)5/h8-11H,6-7H2,1-5H3. The van der Waals surface area contributed by atoms with Crippen molar-refractivity contribution in [2.24, 2.45) is 17.3 Å². The van der Waals surface area contributed by atoms with Crippen molar-refractivity contribution in [3.8, 4) is 0 Å². The van der Waals surface area contributed by atoms with Crippen molar-refractivity contribution in [3.05, 3.63) is 0 Å². The Kier molecular flexibility index (Phi) is 1.99. The summed E-state index contributed by atoms with van der Waals surface area (Å²) in [5.74, 6) is 2.08. The Labute approximate surface area is 82.5 Å². The van der Waals surface area contributed by atoms with Crippen LogP contribution in [0.3, 0.4) is 0 Å². The molecule has 3 unspecified atom stereocenters. The molecule has 2 rings (SSSR count). The molecule has 1 heterocycles.